The third-order valence-electron chi connectivity index (χ3n) is 2.96. The zero-order chi connectivity index (χ0) is 12.1. The van der Waals surface area contributed by atoms with E-state index in [4.69, 9.17) is 5.11 Å². The number of hydrogen-bond donors (Lipinski definition) is 3. The van der Waals surface area contributed by atoms with Crippen molar-refractivity contribution in [3.05, 3.63) is 29.8 Å². The van der Waals surface area contributed by atoms with E-state index in [9.17, 15) is 4.79 Å². The van der Waals surface area contributed by atoms with Gasteiger partial charge in [0.05, 0.1) is 6.42 Å². The van der Waals surface area contributed by atoms with E-state index in [1.807, 2.05) is 0 Å². The second-order valence-corrected chi connectivity index (χ2v) is 4.45. The second kappa shape index (κ2) is 5.68. The van der Waals surface area contributed by atoms with E-state index in [-0.39, 0.29) is 17.7 Å². The standard InChI is InChI=1S/C13H18N2O2/c16-12-5-3-10(4-6-12)8-13(17)15-11-2-1-7-14-9-11/h3-6,11,14,16H,1-2,7-9H2,(H,15,17). The van der Waals surface area contributed by atoms with Crippen LogP contribution in [0.2, 0.25) is 0 Å². The number of carbonyl (C=O) groups excluding carboxylic acids is 1. The summed E-state index contributed by atoms with van der Waals surface area (Å²) in [6.45, 7) is 1.91. The third kappa shape index (κ3) is 3.75. The minimum Gasteiger partial charge on any atom is -0.508 e. The molecule has 0 aliphatic carbocycles. The molecule has 0 radical (unpaired) electrons. The Morgan fingerprint density at radius 1 is 1.41 bits per heavy atom. The van der Waals surface area contributed by atoms with Crippen molar-refractivity contribution < 1.29 is 9.90 Å². The van der Waals surface area contributed by atoms with Gasteiger partial charge in [0, 0.05) is 12.6 Å². The van der Waals surface area contributed by atoms with Gasteiger partial charge in [-0.05, 0) is 37.1 Å². The zero-order valence-electron chi connectivity index (χ0n) is 9.78. The number of benzene rings is 1. The van der Waals surface area contributed by atoms with Crippen molar-refractivity contribution in [2.24, 2.45) is 0 Å². The lowest BCUT2D eigenvalue weighted by Crippen LogP contribution is -2.46. The van der Waals surface area contributed by atoms with E-state index in [1.165, 1.54) is 0 Å². The maximum atomic E-state index is 11.8. The summed E-state index contributed by atoms with van der Waals surface area (Å²) in [6, 6.07) is 7.01. The molecule has 1 fully saturated rings. The summed E-state index contributed by atoms with van der Waals surface area (Å²) in [7, 11) is 0. The third-order valence-corrected chi connectivity index (χ3v) is 2.96. The van der Waals surface area contributed by atoms with Gasteiger partial charge in [-0.25, -0.2) is 0 Å². The Bertz CT molecular complexity index is 370. The largest absolute Gasteiger partial charge is 0.508 e. The zero-order valence-corrected chi connectivity index (χ0v) is 9.78. The first-order valence-electron chi connectivity index (χ1n) is 6.02. The minimum absolute atomic E-state index is 0.0457. The Morgan fingerprint density at radius 2 is 2.18 bits per heavy atom. The van der Waals surface area contributed by atoms with Gasteiger partial charge in [-0.2, -0.15) is 0 Å². The number of rotatable bonds is 3. The molecule has 1 aromatic carbocycles. The molecule has 1 aromatic rings. The second-order valence-electron chi connectivity index (χ2n) is 4.45. The van der Waals surface area contributed by atoms with Gasteiger partial charge in [-0.1, -0.05) is 12.1 Å². The van der Waals surface area contributed by atoms with Crippen molar-refractivity contribution in [1.29, 1.82) is 0 Å². The van der Waals surface area contributed by atoms with E-state index in [2.05, 4.69) is 10.6 Å². The maximum Gasteiger partial charge on any atom is 0.224 e. The van der Waals surface area contributed by atoms with Gasteiger partial charge < -0.3 is 15.7 Å². The number of amides is 1. The Morgan fingerprint density at radius 3 is 2.82 bits per heavy atom. The molecule has 2 rings (SSSR count). The molecule has 17 heavy (non-hydrogen) atoms. The van der Waals surface area contributed by atoms with Crippen molar-refractivity contribution in [2.45, 2.75) is 25.3 Å². The average Bonchev–Trinajstić information content (AvgIpc) is 2.33. The summed E-state index contributed by atoms with van der Waals surface area (Å²) in [4.78, 5) is 11.8. The Balaban J connectivity index is 1.82. The molecule has 0 spiro atoms. The normalized spacial score (nSPS) is 19.9. The number of phenolic OH excluding ortho intramolecular Hbond substituents is 1. The van der Waals surface area contributed by atoms with Crippen LogP contribution < -0.4 is 10.6 Å². The summed E-state index contributed by atoms with van der Waals surface area (Å²) in [5.74, 6) is 0.273. The quantitative estimate of drug-likeness (QED) is 0.725. The molecule has 1 unspecified atom stereocenters. The molecular weight excluding hydrogens is 216 g/mol. The van der Waals surface area contributed by atoms with Crippen LogP contribution in [0.25, 0.3) is 0 Å². The number of hydrogen-bond acceptors (Lipinski definition) is 3. The van der Waals surface area contributed by atoms with Crippen LogP contribution in [0.5, 0.6) is 5.75 Å². The highest BCUT2D eigenvalue weighted by atomic mass is 16.3. The minimum atomic E-state index is 0.0457. The van der Waals surface area contributed by atoms with Crippen LogP contribution in [-0.4, -0.2) is 30.1 Å². The predicted molar refractivity (Wildman–Crippen MR) is 65.8 cm³/mol. The Labute approximate surface area is 101 Å². The van der Waals surface area contributed by atoms with E-state index < -0.39 is 0 Å². The molecule has 4 nitrogen and oxygen atoms in total. The molecule has 0 saturated carbocycles. The number of aromatic hydroxyl groups is 1. The number of nitrogens with one attached hydrogen (secondary N) is 2. The molecular formula is C13H18N2O2. The van der Waals surface area contributed by atoms with Gasteiger partial charge in [0.25, 0.3) is 0 Å². The molecule has 1 aliphatic heterocycles. The number of piperidine rings is 1. The van der Waals surface area contributed by atoms with Gasteiger partial charge in [0.2, 0.25) is 5.91 Å². The maximum absolute atomic E-state index is 11.8. The molecule has 1 amide bonds. The fourth-order valence-electron chi connectivity index (χ4n) is 2.05. The first-order valence-corrected chi connectivity index (χ1v) is 6.02. The number of carbonyl (C=O) groups is 1. The van der Waals surface area contributed by atoms with Crippen molar-refractivity contribution in [3.63, 3.8) is 0 Å². The van der Waals surface area contributed by atoms with Crippen LogP contribution in [0.4, 0.5) is 0 Å². The van der Waals surface area contributed by atoms with Crippen LogP contribution in [0.1, 0.15) is 18.4 Å². The Kier molecular flexibility index (Phi) is 3.98. The first-order chi connectivity index (χ1) is 8.24. The molecule has 1 aliphatic rings. The summed E-state index contributed by atoms with van der Waals surface area (Å²) in [6.07, 6.45) is 2.54. The monoisotopic (exact) mass is 234 g/mol. The van der Waals surface area contributed by atoms with E-state index in [0.29, 0.717) is 6.42 Å². The van der Waals surface area contributed by atoms with Gasteiger partial charge in [0.15, 0.2) is 0 Å². The first kappa shape index (κ1) is 11.9. The van der Waals surface area contributed by atoms with Crippen LogP contribution >= 0.6 is 0 Å². The van der Waals surface area contributed by atoms with Gasteiger partial charge in [0.1, 0.15) is 5.75 Å². The number of phenols is 1. The fraction of sp³-hybridized carbons (Fsp3) is 0.462. The molecule has 0 aromatic heterocycles. The summed E-state index contributed by atoms with van der Waals surface area (Å²) >= 11 is 0. The molecule has 1 atom stereocenters. The smallest absolute Gasteiger partial charge is 0.224 e. The molecule has 3 N–H and O–H groups in total. The van der Waals surface area contributed by atoms with Crippen molar-refractivity contribution >= 4 is 5.91 Å². The van der Waals surface area contributed by atoms with E-state index >= 15 is 0 Å². The SMILES string of the molecule is O=C(Cc1ccc(O)cc1)NC1CCCNC1. The summed E-state index contributed by atoms with van der Waals surface area (Å²) in [5, 5.41) is 15.4. The molecule has 1 saturated heterocycles. The van der Waals surface area contributed by atoms with E-state index in [1.54, 1.807) is 24.3 Å². The molecule has 0 bridgehead atoms. The van der Waals surface area contributed by atoms with Crippen molar-refractivity contribution in [2.75, 3.05) is 13.1 Å². The predicted octanol–water partition coefficient (Wildman–Crippen LogP) is 0.803. The fourth-order valence-corrected chi connectivity index (χ4v) is 2.05. The lowest BCUT2D eigenvalue weighted by atomic mass is 10.1. The summed E-state index contributed by atoms with van der Waals surface area (Å²) in [5.41, 5.74) is 0.920. The summed E-state index contributed by atoms with van der Waals surface area (Å²) < 4.78 is 0. The molecule has 1 heterocycles. The van der Waals surface area contributed by atoms with Crippen molar-refractivity contribution in [3.8, 4) is 5.75 Å². The highest BCUT2D eigenvalue weighted by molar-refractivity contribution is 5.78. The highest BCUT2D eigenvalue weighted by Gasteiger charge is 2.15. The van der Waals surface area contributed by atoms with Crippen LogP contribution in [0.3, 0.4) is 0 Å². The van der Waals surface area contributed by atoms with E-state index in [0.717, 1.165) is 31.5 Å². The highest BCUT2D eigenvalue weighted by Crippen LogP contribution is 2.10. The topological polar surface area (TPSA) is 61.4 Å². The Hall–Kier alpha value is -1.55. The lowest BCUT2D eigenvalue weighted by Gasteiger charge is -2.23. The van der Waals surface area contributed by atoms with Crippen LogP contribution in [0, 0.1) is 0 Å². The van der Waals surface area contributed by atoms with Crippen LogP contribution in [-0.2, 0) is 11.2 Å². The van der Waals surface area contributed by atoms with Gasteiger partial charge in [-0.15, -0.1) is 0 Å². The lowest BCUT2D eigenvalue weighted by molar-refractivity contribution is -0.121. The molecule has 92 valence electrons. The molecule has 4 heteroatoms. The van der Waals surface area contributed by atoms with Gasteiger partial charge in [-0.3, -0.25) is 4.79 Å². The average molecular weight is 234 g/mol. The van der Waals surface area contributed by atoms with Gasteiger partial charge >= 0.3 is 0 Å². The van der Waals surface area contributed by atoms with Crippen LogP contribution in [0.15, 0.2) is 24.3 Å². The van der Waals surface area contributed by atoms with Crippen molar-refractivity contribution in [1.82, 2.24) is 10.6 Å².